The molecule has 1 aromatic heterocycles. The van der Waals surface area contributed by atoms with Gasteiger partial charge in [0.2, 0.25) is 0 Å². The highest BCUT2D eigenvalue weighted by Gasteiger charge is 2.14. The summed E-state index contributed by atoms with van der Waals surface area (Å²) < 4.78 is 0. The maximum Gasteiger partial charge on any atom is 0.128 e. The van der Waals surface area contributed by atoms with Crippen molar-refractivity contribution in [3.8, 4) is 0 Å². The molecule has 0 aliphatic rings. The Bertz CT molecular complexity index is 811. The van der Waals surface area contributed by atoms with E-state index in [-0.39, 0.29) is 0 Å². The molecule has 2 heteroatoms. The standard InChI is InChI=1S/C51H97N2/c1-5-9-12-15-18-21-24-27-30-33-36-39-42-45-48-49(46-43-40-37-34-31-28-25-22-19-16-13-10-6-2)52-51(8-4)53-50(48)47-44-41-38-35-32-29-26-23-20-17-14-11-7-3/h4-47H2,1-3H3. The lowest BCUT2D eigenvalue weighted by atomic mass is 9.96. The molecule has 1 rings (SSSR count). The molecule has 0 aliphatic carbocycles. The molecule has 2 nitrogen and oxygen atoms in total. The van der Waals surface area contributed by atoms with E-state index < -0.39 is 0 Å². The van der Waals surface area contributed by atoms with Crippen molar-refractivity contribution in [3.05, 3.63) is 29.7 Å². The Hall–Kier alpha value is -0.920. The van der Waals surface area contributed by atoms with Crippen molar-refractivity contribution in [2.75, 3.05) is 0 Å². The van der Waals surface area contributed by atoms with Crippen LogP contribution in [0.2, 0.25) is 0 Å². The molecule has 0 bridgehead atoms. The molecular weight excluding hydrogens is 641 g/mol. The fraction of sp³-hybridized carbons (Fsp3) is 0.902. The summed E-state index contributed by atoms with van der Waals surface area (Å²) in [5.74, 6) is 0.994. The molecule has 0 aromatic carbocycles. The number of rotatable bonds is 43. The molecule has 0 spiro atoms. The summed E-state index contributed by atoms with van der Waals surface area (Å²) in [6, 6.07) is 0. The Morgan fingerprint density at radius 1 is 0.283 bits per heavy atom. The smallest absolute Gasteiger partial charge is 0.128 e. The van der Waals surface area contributed by atoms with E-state index in [1.807, 2.05) is 0 Å². The molecule has 0 unspecified atom stereocenters. The highest BCUT2D eigenvalue weighted by atomic mass is 14.9. The van der Waals surface area contributed by atoms with Crippen LogP contribution in [-0.2, 0) is 25.7 Å². The van der Waals surface area contributed by atoms with E-state index >= 15 is 0 Å². The molecule has 1 aromatic rings. The van der Waals surface area contributed by atoms with Gasteiger partial charge in [0.05, 0.1) is 0 Å². The van der Waals surface area contributed by atoms with Gasteiger partial charge in [0, 0.05) is 17.8 Å². The fourth-order valence-electron chi connectivity index (χ4n) is 8.39. The molecule has 0 aliphatic heterocycles. The monoisotopic (exact) mass is 738 g/mol. The summed E-state index contributed by atoms with van der Waals surface area (Å²) in [6.07, 6.45) is 59.3. The zero-order chi connectivity index (χ0) is 38.1. The van der Waals surface area contributed by atoms with Crippen LogP contribution in [0.15, 0.2) is 0 Å². The summed E-state index contributed by atoms with van der Waals surface area (Å²) in [5.41, 5.74) is 4.33. The average Bonchev–Trinajstić information content (AvgIpc) is 3.17. The molecule has 0 saturated carbocycles. The lowest BCUT2D eigenvalue weighted by Gasteiger charge is -2.16. The van der Waals surface area contributed by atoms with Crippen molar-refractivity contribution in [3.63, 3.8) is 0 Å². The van der Waals surface area contributed by atoms with Crippen molar-refractivity contribution < 1.29 is 0 Å². The number of unbranched alkanes of at least 4 members (excludes halogenated alkanes) is 36. The van der Waals surface area contributed by atoms with Gasteiger partial charge in [-0.1, -0.05) is 252 Å². The predicted octanol–water partition coefficient (Wildman–Crippen LogP) is 17.8. The van der Waals surface area contributed by atoms with E-state index in [1.54, 1.807) is 5.56 Å². The first-order chi connectivity index (χ1) is 26.3. The van der Waals surface area contributed by atoms with Gasteiger partial charge in [-0.2, -0.15) is 0 Å². The minimum absolute atomic E-state index is 0.718. The largest absolute Gasteiger partial charge is 0.238 e. The van der Waals surface area contributed by atoms with Gasteiger partial charge in [-0.05, 0) is 51.0 Å². The molecule has 311 valence electrons. The summed E-state index contributed by atoms with van der Waals surface area (Å²) in [4.78, 5) is 10.3. The molecule has 0 N–H and O–H groups in total. The predicted molar refractivity (Wildman–Crippen MR) is 239 cm³/mol. The molecule has 0 fully saturated rings. The minimum Gasteiger partial charge on any atom is -0.238 e. The zero-order valence-corrected chi connectivity index (χ0v) is 37.0. The van der Waals surface area contributed by atoms with Gasteiger partial charge in [0.25, 0.3) is 0 Å². The van der Waals surface area contributed by atoms with Crippen LogP contribution in [0.25, 0.3) is 0 Å². The number of hydrogen-bond acceptors (Lipinski definition) is 2. The van der Waals surface area contributed by atoms with Crippen molar-refractivity contribution in [1.82, 2.24) is 9.97 Å². The van der Waals surface area contributed by atoms with Crippen molar-refractivity contribution in [1.29, 1.82) is 0 Å². The van der Waals surface area contributed by atoms with Crippen LogP contribution in [0.5, 0.6) is 0 Å². The van der Waals surface area contributed by atoms with Gasteiger partial charge < -0.3 is 0 Å². The Balaban J connectivity index is 2.48. The third-order valence-corrected chi connectivity index (χ3v) is 12.0. The number of aryl methyl sites for hydroxylation is 2. The maximum atomic E-state index is 5.17. The van der Waals surface area contributed by atoms with E-state index in [0.29, 0.717) is 0 Å². The second kappa shape index (κ2) is 40.7. The molecular formula is C51H97N2. The zero-order valence-electron chi connectivity index (χ0n) is 37.0. The Morgan fingerprint density at radius 3 is 0.717 bits per heavy atom. The molecule has 1 heterocycles. The van der Waals surface area contributed by atoms with Gasteiger partial charge >= 0.3 is 0 Å². The van der Waals surface area contributed by atoms with Crippen LogP contribution in [0, 0.1) is 6.92 Å². The Labute approximate surface area is 335 Å². The number of nitrogens with zero attached hydrogens (tertiary/aromatic N) is 2. The van der Waals surface area contributed by atoms with Crippen LogP contribution < -0.4 is 0 Å². The van der Waals surface area contributed by atoms with Crippen LogP contribution in [0.4, 0.5) is 0 Å². The molecule has 53 heavy (non-hydrogen) atoms. The van der Waals surface area contributed by atoms with Gasteiger partial charge in [0.1, 0.15) is 5.82 Å². The fourth-order valence-corrected chi connectivity index (χ4v) is 8.39. The summed E-state index contributed by atoms with van der Waals surface area (Å²) >= 11 is 0. The number of aromatic nitrogens is 2. The third kappa shape index (κ3) is 31.9. The van der Waals surface area contributed by atoms with Crippen molar-refractivity contribution >= 4 is 0 Å². The van der Waals surface area contributed by atoms with Gasteiger partial charge in [-0.25, -0.2) is 9.97 Å². The lowest BCUT2D eigenvalue weighted by Crippen LogP contribution is -2.11. The van der Waals surface area contributed by atoms with Crippen molar-refractivity contribution in [2.24, 2.45) is 0 Å². The second-order valence-corrected chi connectivity index (χ2v) is 17.2. The van der Waals surface area contributed by atoms with E-state index in [0.717, 1.165) is 25.1 Å². The van der Waals surface area contributed by atoms with E-state index in [9.17, 15) is 0 Å². The lowest BCUT2D eigenvalue weighted by molar-refractivity contribution is 0.534. The first-order valence-electron chi connectivity index (χ1n) is 24.9. The maximum absolute atomic E-state index is 5.17. The second-order valence-electron chi connectivity index (χ2n) is 17.2. The topological polar surface area (TPSA) is 25.8 Å². The SMILES string of the molecule is [CH2]Cc1nc(CCCCCCCCCCCCCCC)c(CCCCCCCCCCCCCCC)c(CCCCCCCCCCCCCCC)n1. The summed E-state index contributed by atoms with van der Waals surface area (Å²) in [5, 5.41) is 0. The average molecular weight is 738 g/mol. The Kier molecular flexibility index (Phi) is 38.5. The van der Waals surface area contributed by atoms with Gasteiger partial charge in [0.15, 0.2) is 0 Å². The summed E-state index contributed by atoms with van der Waals surface area (Å²) in [7, 11) is 0. The first-order valence-corrected chi connectivity index (χ1v) is 24.9. The molecule has 1 radical (unpaired) electrons. The molecule has 0 saturated heterocycles. The highest BCUT2D eigenvalue weighted by molar-refractivity contribution is 5.27. The molecule has 0 atom stereocenters. The van der Waals surface area contributed by atoms with Crippen molar-refractivity contribution in [2.45, 2.75) is 297 Å². The molecule has 0 amide bonds. The van der Waals surface area contributed by atoms with Crippen LogP contribution >= 0.6 is 0 Å². The van der Waals surface area contributed by atoms with Gasteiger partial charge in [-0.15, -0.1) is 0 Å². The normalized spacial score (nSPS) is 11.6. The quantitative estimate of drug-likeness (QED) is 0.0624. The first kappa shape index (κ1) is 50.1. The van der Waals surface area contributed by atoms with E-state index in [4.69, 9.17) is 9.97 Å². The van der Waals surface area contributed by atoms with Gasteiger partial charge in [-0.3, -0.25) is 0 Å². The minimum atomic E-state index is 0.718. The number of hydrogen-bond donors (Lipinski definition) is 0. The summed E-state index contributed by atoms with van der Waals surface area (Å²) in [6.45, 7) is 11.2. The van der Waals surface area contributed by atoms with Crippen LogP contribution in [0.3, 0.4) is 0 Å². The highest BCUT2D eigenvalue weighted by Crippen LogP contribution is 2.23. The Morgan fingerprint density at radius 2 is 0.491 bits per heavy atom. The van der Waals surface area contributed by atoms with Crippen LogP contribution in [0.1, 0.15) is 294 Å². The van der Waals surface area contributed by atoms with Crippen LogP contribution in [-0.4, -0.2) is 9.97 Å². The van der Waals surface area contributed by atoms with E-state index in [2.05, 4.69) is 27.7 Å². The third-order valence-electron chi connectivity index (χ3n) is 12.0. The van der Waals surface area contributed by atoms with E-state index in [1.165, 1.54) is 268 Å².